The van der Waals surface area contributed by atoms with E-state index in [1.807, 2.05) is 0 Å². The van der Waals surface area contributed by atoms with Crippen molar-refractivity contribution in [1.29, 1.82) is 0 Å². The van der Waals surface area contributed by atoms with Crippen molar-refractivity contribution in [1.82, 2.24) is 5.32 Å². The molecule has 0 radical (unpaired) electrons. The second-order valence-corrected chi connectivity index (χ2v) is 2.40. The first-order chi connectivity index (χ1) is 5.57. The van der Waals surface area contributed by atoms with E-state index in [9.17, 15) is 13.6 Å². The summed E-state index contributed by atoms with van der Waals surface area (Å²) in [6, 6.07) is -0.880. The Hall–Kier alpha value is -0.710. The minimum Gasteiger partial charge on any atom is -0.469 e. The van der Waals surface area contributed by atoms with E-state index in [0.717, 1.165) is 0 Å². The van der Waals surface area contributed by atoms with Gasteiger partial charge in [-0.2, -0.15) is 0 Å². The Kier molecular flexibility index (Phi) is 5.53. The van der Waals surface area contributed by atoms with Crippen molar-refractivity contribution in [2.24, 2.45) is 0 Å². The van der Waals surface area contributed by atoms with E-state index in [1.54, 1.807) is 0 Å². The molecular weight excluding hydrogens is 168 g/mol. The summed E-state index contributed by atoms with van der Waals surface area (Å²) in [6.07, 6.45) is -2.28. The second kappa shape index (κ2) is 5.88. The lowest BCUT2D eigenvalue weighted by Crippen LogP contribution is -2.34. The first-order valence-corrected chi connectivity index (χ1v) is 3.66. The molecule has 0 aromatic heterocycles. The van der Waals surface area contributed by atoms with Crippen LogP contribution >= 0.6 is 0 Å². The highest BCUT2D eigenvalue weighted by atomic mass is 19.3. The summed E-state index contributed by atoms with van der Waals surface area (Å²) in [5.74, 6) is -0.399. The standard InChI is InChI=1S/C7H13F2NO2/c1-5(7(8)9)10-4-3-6(11)12-2/h5,7,10H,3-4H2,1-2H3. The van der Waals surface area contributed by atoms with Gasteiger partial charge in [-0.3, -0.25) is 4.79 Å². The maximum absolute atomic E-state index is 11.9. The fourth-order valence-corrected chi connectivity index (χ4v) is 0.593. The van der Waals surface area contributed by atoms with Gasteiger partial charge >= 0.3 is 5.97 Å². The van der Waals surface area contributed by atoms with E-state index >= 15 is 0 Å². The molecule has 0 aliphatic heterocycles. The van der Waals surface area contributed by atoms with Crippen molar-refractivity contribution >= 4 is 5.97 Å². The number of carbonyl (C=O) groups is 1. The van der Waals surface area contributed by atoms with Gasteiger partial charge in [-0.05, 0) is 6.92 Å². The first-order valence-electron chi connectivity index (χ1n) is 3.66. The Balaban J connectivity index is 3.37. The highest BCUT2D eigenvalue weighted by molar-refractivity contribution is 5.69. The molecule has 0 aromatic rings. The number of hydrogen-bond donors (Lipinski definition) is 1. The van der Waals surface area contributed by atoms with E-state index in [-0.39, 0.29) is 13.0 Å². The third-order valence-electron chi connectivity index (χ3n) is 1.40. The zero-order chi connectivity index (χ0) is 9.56. The molecule has 1 atom stereocenters. The van der Waals surface area contributed by atoms with Crippen LogP contribution in [0.2, 0.25) is 0 Å². The Morgan fingerprint density at radius 1 is 1.58 bits per heavy atom. The minimum absolute atomic E-state index is 0.119. The number of esters is 1. The maximum atomic E-state index is 11.9. The lowest BCUT2D eigenvalue weighted by Gasteiger charge is -2.11. The topological polar surface area (TPSA) is 38.3 Å². The maximum Gasteiger partial charge on any atom is 0.306 e. The van der Waals surface area contributed by atoms with Gasteiger partial charge in [0.05, 0.1) is 19.6 Å². The van der Waals surface area contributed by atoms with Crippen LogP contribution < -0.4 is 5.32 Å². The van der Waals surface area contributed by atoms with Gasteiger partial charge in [0.15, 0.2) is 0 Å². The highest BCUT2D eigenvalue weighted by Gasteiger charge is 2.13. The van der Waals surface area contributed by atoms with E-state index in [4.69, 9.17) is 0 Å². The van der Waals surface area contributed by atoms with Crippen LogP contribution in [0.3, 0.4) is 0 Å². The Labute approximate surface area is 70.1 Å². The van der Waals surface area contributed by atoms with Crippen molar-refractivity contribution in [3.05, 3.63) is 0 Å². The number of carbonyl (C=O) groups excluding carboxylic acids is 1. The number of nitrogens with one attached hydrogen (secondary N) is 1. The Morgan fingerprint density at radius 2 is 2.17 bits per heavy atom. The summed E-state index contributed by atoms with van der Waals surface area (Å²) in [6.45, 7) is 1.58. The van der Waals surface area contributed by atoms with Gasteiger partial charge in [-0.25, -0.2) is 8.78 Å². The summed E-state index contributed by atoms with van der Waals surface area (Å²) in [4.78, 5) is 10.5. The van der Waals surface area contributed by atoms with Crippen LogP contribution in [-0.4, -0.2) is 32.1 Å². The van der Waals surface area contributed by atoms with Gasteiger partial charge in [0.25, 0.3) is 6.43 Å². The predicted molar refractivity (Wildman–Crippen MR) is 40.1 cm³/mol. The zero-order valence-electron chi connectivity index (χ0n) is 7.14. The molecule has 0 bridgehead atoms. The summed E-state index contributed by atoms with van der Waals surface area (Å²) in [5.41, 5.74) is 0. The second-order valence-electron chi connectivity index (χ2n) is 2.40. The molecule has 0 amide bonds. The molecule has 0 fully saturated rings. The van der Waals surface area contributed by atoms with Gasteiger partial charge in [-0.1, -0.05) is 0 Å². The van der Waals surface area contributed by atoms with Crippen LogP contribution in [0.1, 0.15) is 13.3 Å². The highest BCUT2D eigenvalue weighted by Crippen LogP contribution is 1.98. The van der Waals surface area contributed by atoms with Crippen LogP contribution in [0, 0.1) is 0 Å². The lowest BCUT2D eigenvalue weighted by molar-refractivity contribution is -0.140. The van der Waals surface area contributed by atoms with Crippen LogP contribution in [0.25, 0.3) is 0 Å². The molecule has 3 nitrogen and oxygen atoms in total. The van der Waals surface area contributed by atoms with E-state index in [2.05, 4.69) is 10.1 Å². The minimum atomic E-state index is -2.40. The molecule has 72 valence electrons. The third-order valence-corrected chi connectivity index (χ3v) is 1.40. The predicted octanol–water partition coefficient (Wildman–Crippen LogP) is 0.793. The van der Waals surface area contributed by atoms with Gasteiger partial charge in [0.2, 0.25) is 0 Å². The molecule has 0 aromatic carbocycles. The van der Waals surface area contributed by atoms with Crippen molar-refractivity contribution in [2.75, 3.05) is 13.7 Å². The zero-order valence-corrected chi connectivity index (χ0v) is 7.14. The summed E-state index contributed by atoms with van der Waals surface area (Å²) >= 11 is 0. The Morgan fingerprint density at radius 3 is 2.58 bits per heavy atom. The van der Waals surface area contributed by atoms with Gasteiger partial charge in [0, 0.05) is 6.54 Å². The average Bonchev–Trinajstić information content (AvgIpc) is 2.03. The van der Waals surface area contributed by atoms with Gasteiger partial charge in [-0.15, -0.1) is 0 Å². The van der Waals surface area contributed by atoms with Crippen LogP contribution in [-0.2, 0) is 9.53 Å². The average molecular weight is 181 g/mol. The number of methoxy groups -OCH3 is 1. The SMILES string of the molecule is COC(=O)CCNC(C)C(F)F. The van der Waals surface area contributed by atoms with Gasteiger partial charge in [0.1, 0.15) is 0 Å². The van der Waals surface area contributed by atoms with E-state index < -0.39 is 18.4 Å². The van der Waals surface area contributed by atoms with Crippen LogP contribution in [0.5, 0.6) is 0 Å². The van der Waals surface area contributed by atoms with Crippen molar-refractivity contribution in [3.63, 3.8) is 0 Å². The number of rotatable bonds is 5. The summed E-state index contributed by atoms with van der Waals surface area (Å²) in [5, 5.41) is 2.50. The quantitative estimate of drug-likeness (QED) is 0.637. The molecule has 5 heteroatoms. The molecule has 12 heavy (non-hydrogen) atoms. The Bertz CT molecular complexity index is 141. The normalized spacial score (nSPS) is 13.1. The monoisotopic (exact) mass is 181 g/mol. The lowest BCUT2D eigenvalue weighted by atomic mass is 10.3. The summed E-state index contributed by atoms with van der Waals surface area (Å²) in [7, 11) is 1.26. The number of ether oxygens (including phenoxy) is 1. The van der Waals surface area contributed by atoms with Crippen molar-refractivity contribution < 1.29 is 18.3 Å². The molecular formula is C7H13F2NO2. The smallest absolute Gasteiger partial charge is 0.306 e. The molecule has 0 saturated carbocycles. The molecule has 0 saturated heterocycles. The molecule has 0 aliphatic rings. The molecule has 0 rings (SSSR count). The van der Waals surface area contributed by atoms with Gasteiger partial charge < -0.3 is 10.1 Å². The number of alkyl halides is 2. The van der Waals surface area contributed by atoms with Crippen LogP contribution in [0.4, 0.5) is 8.78 Å². The van der Waals surface area contributed by atoms with Crippen LogP contribution in [0.15, 0.2) is 0 Å². The van der Waals surface area contributed by atoms with Crippen molar-refractivity contribution in [3.8, 4) is 0 Å². The molecule has 1 N–H and O–H groups in total. The molecule has 0 spiro atoms. The van der Waals surface area contributed by atoms with E-state index in [1.165, 1.54) is 14.0 Å². The number of hydrogen-bond acceptors (Lipinski definition) is 3. The fraction of sp³-hybridized carbons (Fsp3) is 0.857. The number of halogens is 2. The first kappa shape index (κ1) is 11.3. The van der Waals surface area contributed by atoms with E-state index in [0.29, 0.717) is 0 Å². The third kappa shape index (κ3) is 5.01. The fourth-order valence-electron chi connectivity index (χ4n) is 0.593. The molecule has 0 aliphatic carbocycles. The largest absolute Gasteiger partial charge is 0.469 e. The molecule has 1 unspecified atom stereocenters. The molecule has 0 heterocycles. The van der Waals surface area contributed by atoms with Crippen molar-refractivity contribution in [2.45, 2.75) is 25.8 Å². The summed E-state index contributed by atoms with van der Waals surface area (Å²) < 4.78 is 28.0.